The van der Waals surface area contributed by atoms with Gasteiger partial charge in [0, 0.05) is 8.95 Å². The average molecular weight is 572 g/mol. The number of hydrogen-bond acceptors (Lipinski definition) is 0. The first kappa shape index (κ1) is 22.3. The fraction of sp³-hybridized carbons (Fsp3) is 0.0667. The molecular weight excluding hydrogens is 548 g/mol. The molecule has 0 unspecified atom stereocenters. The van der Waals surface area contributed by atoms with Crippen LogP contribution in [0.25, 0.3) is 21.5 Å². The zero-order valence-electron chi connectivity index (χ0n) is 18.6. The van der Waals surface area contributed by atoms with Crippen LogP contribution >= 0.6 is 31.9 Å². The van der Waals surface area contributed by atoms with Gasteiger partial charge in [-0.15, -0.1) is 0 Å². The summed E-state index contributed by atoms with van der Waals surface area (Å²) >= 11 is 7.25. The second kappa shape index (κ2) is 9.06. The van der Waals surface area contributed by atoms with Crippen LogP contribution in [0.2, 0.25) is 13.1 Å². The van der Waals surface area contributed by atoms with E-state index in [1.165, 1.54) is 43.8 Å². The van der Waals surface area contributed by atoms with Crippen LogP contribution in [0.5, 0.6) is 0 Å². The molecule has 0 aliphatic carbocycles. The molecule has 162 valence electrons. The van der Waals surface area contributed by atoms with E-state index in [2.05, 4.69) is 154 Å². The minimum absolute atomic E-state index is 1.11. The predicted molar refractivity (Wildman–Crippen MR) is 152 cm³/mol. The van der Waals surface area contributed by atoms with Gasteiger partial charge in [-0.2, -0.15) is 0 Å². The van der Waals surface area contributed by atoms with E-state index in [1.54, 1.807) is 0 Å². The van der Waals surface area contributed by atoms with Gasteiger partial charge >= 0.3 is 0 Å². The molecule has 1 aliphatic heterocycles. The van der Waals surface area contributed by atoms with Crippen LogP contribution in [0.1, 0.15) is 22.3 Å². The topological polar surface area (TPSA) is 0 Å². The lowest BCUT2D eigenvalue weighted by Gasteiger charge is -2.26. The monoisotopic (exact) mass is 570 g/mol. The first-order chi connectivity index (χ1) is 16.0. The van der Waals surface area contributed by atoms with Gasteiger partial charge in [-0.3, -0.25) is 0 Å². The number of hydrogen-bond donors (Lipinski definition) is 0. The van der Waals surface area contributed by atoms with Gasteiger partial charge in [-0.25, -0.2) is 0 Å². The van der Waals surface area contributed by atoms with Gasteiger partial charge in [0.15, 0.2) is 0 Å². The van der Waals surface area contributed by atoms with Crippen molar-refractivity contribution in [2.75, 3.05) is 0 Å². The number of halogens is 2. The van der Waals surface area contributed by atoms with Gasteiger partial charge in [-0.05, 0) is 68.1 Å². The molecule has 0 aromatic heterocycles. The van der Waals surface area contributed by atoms with Crippen molar-refractivity contribution in [3.8, 4) is 0 Å². The number of rotatable bonds is 4. The molecule has 0 radical (unpaired) electrons. The zero-order chi connectivity index (χ0) is 23.0. The predicted octanol–water partition coefficient (Wildman–Crippen LogP) is 9.53. The lowest BCUT2D eigenvalue weighted by Crippen LogP contribution is -2.28. The van der Waals surface area contributed by atoms with E-state index in [9.17, 15) is 0 Å². The Morgan fingerprint density at radius 1 is 0.424 bits per heavy atom. The molecule has 33 heavy (non-hydrogen) atoms. The van der Waals surface area contributed by atoms with E-state index in [-0.39, 0.29) is 0 Å². The van der Waals surface area contributed by atoms with Gasteiger partial charge in [-0.1, -0.05) is 130 Å². The Balaban J connectivity index is 1.90. The molecule has 0 saturated heterocycles. The Morgan fingerprint density at radius 2 is 0.758 bits per heavy atom. The minimum atomic E-state index is -2.08. The van der Waals surface area contributed by atoms with Crippen LogP contribution < -0.4 is 0 Å². The maximum atomic E-state index is 3.63. The fourth-order valence-corrected chi connectivity index (χ4v) is 9.37. The molecule has 4 aromatic carbocycles. The Bertz CT molecular complexity index is 1240. The Morgan fingerprint density at radius 3 is 1.09 bits per heavy atom. The molecule has 0 nitrogen and oxygen atoms in total. The molecule has 0 atom stereocenters. The summed E-state index contributed by atoms with van der Waals surface area (Å²) in [4.78, 5) is 0. The number of benzene rings is 4. The molecule has 1 heterocycles. The van der Waals surface area contributed by atoms with E-state index in [0.29, 0.717) is 0 Å². The lowest BCUT2D eigenvalue weighted by atomic mass is 9.89. The summed E-state index contributed by atoms with van der Waals surface area (Å²) in [5, 5.41) is 3.00. The standard InChI is InChI=1S/C30H24Br2Si/c1-33(2)29(23-13-17-25(31)18-14-23)27(21-9-5-3-6-10-21)28(22-11-7-4-8-12-22)30(33)24-15-19-26(32)20-16-24/h3-20H,1-2H3. The lowest BCUT2D eigenvalue weighted by molar-refractivity contribution is 1.57. The van der Waals surface area contributed by atoms with E-state index in [0.717, 1.165) is 8.95 Å². The maximum Gasteiger partial charge on any atom is 0.115 e. The molecule has 0 spiro atoms. The number of allylic oxidation sites excluding steroid dienone is 2. The van der Waals surface area contributed by atoms with E-state index >= 15 is 0 Å². The van der Waals surface area contributed by atoms with Crippen LogP contribution in [0.4, 0.5) is 0 Å². The van der Waals surface area contributed by atoms with Crippen molar-refractivity contribution in [1.29, 1.82) is 0 Å². The van der Waals surface area contributed by atoms with Gasteiger partial charge in [0.05, 0.1) is 0 Å². The van der Waals surface area contributed by atoms with Crippen LogP contribution in [-0.4, -0.2) is 8.07 Å². The Kier molecular flexibility index (Phi) is 6.13. The van der Waals surface area contributed by atoms with Crippen molar-refractivity contribution in [2.24, 2.45) is 0 Å². The third kappa shape index (κ3) is 4.14. The molecule has 5 rings (SSSR count). The third-order valence-corrected chi connectivity index (χ3v) is 11.0. The van der Waals surface area contributed by atoms with Gasteiger partial charge in [0.2, 0.25) is 0 Å². The Hall–Kier alpha value is -2.46. The average Bonchev–Trinajstić information content (AvgIpc) is 3.08. The van der Waals surface area contributed by atoms with Crippen LogP contribution in [0.3, 0.4) is 0 Å². The van der Waals surface area contributed by atoms with Crippen molar-refractivity contribution >= 4 is 61.5 Å². The van der Waals surface area contributed by atoms with Crippen molar-refractivity contribution < 1.29 is 0 Å². The minimum Gasteiger partial charge on any atom is -0.0622 e. The maximum absolute atomic E-state index is 3.63. The van der Waals surface area contributed by atoms with Crippen molar-refractivity contribution in [1.82, 2.24) is 0 Å². The SMILES string of the molecule is C[Si]1(C)C(c2ccc(Br)cc2)=C(c2ccccc2)C(c2ccccc2)=C1c1ccc(Br)cc1. The molecular formula is C30H24Br2Si. The molecule has 0 bridgehead atoms. The molecule has 0 N–H and O–H groups in total. The van der Waals surface area contributed by atoms with Gasteiger partial charge in [0.1, 0.15) is 8.07 Å². The summed E-state index contributed by atoms with van der Waals surface area (Å²) in [6.07, 6.45) is 0. The summed E-state index contributed by atoms with van der Waals surface area (Å²) < 4.78 is 2.21. The van der Waals surface area contributed by atoms with Crippen LogP contribution in [0.15, 0.2) is 118 Å². The molecule has 3 heteroatoms. The summed E-state index contributed by atoms with van der Waals surface area (Å²) in [6.45, 7) is 5.00. The third-order valence-electron chi connectivity index (χ3n) is 6.39. The van der Waals surface area contributed by atoms with E-state index < -0.39 is 8.07 Å². The summed E-state index contributed by atoms with van der Waals surface area (Å²) in [7, 11) is -2.08. The van der Waals surface area contributed by atoms with Gasteiger partial charge < -0.3 is 0 Å². The second-order valence-corrected chi connectivity index (χ2v) is 15.0. The van der Waals surface area contributed by atoms with Crippen molar-refractivity contribution in [3.63, 3.8) is 0 Å². The zero-order valence-corrected chi connectivity index (χ0v) is 22.8. The molecule has 1 aliphatic rings. The molecule has 0 amide bonds. The van der Waals surface area contributed by atoms with Crippen LogP contribution in [0, 0.1) is 0 Å². The quantitative estimate of drug-likeness (QED) is 0.214. The van der Waals surface area contributed by atoms with Crippen LogP contribution in [-0.2, 0) is 0 Å². The fourth-order valence-electron chi connectivity index (χ4n) is 5.03. The summed E-state index contributed by atoms with van der Waals surface area (Å²) in [5.74, 6) is 0. The van der Waals surface area contributed by atoms with Crippen molar-refractivity contribution in [3.05, 3.63) is 140 Å². The largest absolute Gasteiger partial charge is 0.115 e. The highest BCUT2D eigenvalue weighted by Crippen LogP contribution is 2.55. The second-order valence-electron chi connectivity index (χ2n) is 8.87. The smallest absolute Gasteiger partial charge is 0.0622 e. The Labute approximate surface area is 214 Å². The molecule has 0 fully saturated rings. The summed E-state index contributed by atoms with van der Waals surface area (Å²) in [6, 6.07) is 39.5. The highest BCUT2D eigenvalue weighted by atomic mass is 79.9. The molecule has 4 aromatic rings. The van der Waals surface area contributed by atoms with Gasteiger partial charge in [0.25, 0.3) is 0 Å². The highest BCUT2D eigenvalue weighted by Gasteiger charge is 2.43. The normalized spacial score (nSPS) is 15.3. The van der Waals surface area contributed by atoms with E-state index in [1.807, 2.05) is 0 Å². The first-order valence-electron chi connectivity index (χ1n) is 11.1. The van der Waals surface area contributed by atoms with Crippen molar-refractivity contribution in [2.45, 2.75) is 13.1 Å². The first-order valence-corrected chi connectivity index (χ1v) is 15.7. The summed E-state index contributed by atoms with van der Waals surface area (Å²) in [5.41, 5.74) is 7.94. The van der Waals surface area contributed by atoms with E-state index in [4.69, 9.17) is 0 Å². The highest BCUT2D eigenvalue weighted by molar-refractivity contribution is 9.10. The molecule has 0 saturated carbocycles.